The van der Waals surface area contributed by atoms with Crippen LogP contribution in [-0.4, -0.2) is 42.6 Å². The molecule has 1 aliphatic heterocycles. The summed E-state index contributed by atoms with van der Waals surface area (Å²) in [5.41, 5.74) is 6.41. The number of nitrogens with one attached hydrogen (secondary N) is 2. The third-order valence-electron chi connectivity index (χ3n) is 4.04. The summed E-state index contributed by atoms with van der Waals surface area (Å²) in [5.74, 6) is 2.62. The first-order valence-electron chi connectivity index (χ1n) is 8.14. The smallest absolute Gasteiger partial charge is 0.314 e. The summed E-state index contributed by atoms with van der Waals surface area (Å²) in [6.45, 7) is 8.70. The number of nitrogens with two attached hydrogens (primary N) is 1. The van der Waals surface area contributed by atoms with Crippen molar-refractivity contribution in [3.63, 3.8) is 0 Å². The molecular weight excluding hydrogens is 294 g/mol. The van der Waals surface area contributed by atoms with Gasteiger partial charge >= 0.3 is 6.03 Å². The summed E-state index contributed by atoms with van der Waals surface area (Å²) < 4.78 is 5.53. The Morgan fingerprint density at radius 2 is 2.13 bits per heavy atom. The number of urea groups is 1. The number of likely N-dealkylation sites (tertiary alicyclic amines) is 1. The van der Waals surface area contributed by atoms with E-state index in [0.29, 0.717) is 25.7 Å². The van der Waals surface area contributed by atoms with Crippen LogP contribution in [0.25, 0.3) is 0 Å². The van der Waals surface area contributed by atoms with Crippen LogP contribution in [-0.2, 0) is 6.54 Å². The van der Waals surface area contributed by atoms with E-state index >= 15 is 0 Å². The van der Waals surface area contributed by atoms with Gasteiger partial charge in [0.1, 0.15) is 11.5 Å². The van der Waals surface area contributed by atoms with Crippen LogP contribution in [0.5, 0.6) is 0 Å². The standard InChI is InChI=1S/C16H27N5O2/c1-4-18-16(19-10-13-9-11(2)23-12(13)3)20-14-5-7-21(8-6-14)15(17)22/h9,14H,4-8,10H2,1-3H3,(H2,17,22)(H2,18,19,20). The monoisotopic (exact) mass is 321 g/mol. The molecule has 23 heavy (non-hydrogen) atoms. The number of rotatable bonds is 4. The van der Waals surface area contributed by atoms with E-state index in [1.165, 1.54) is 0 Å². The molecule has 1 fully saturated rings. The van der Waals surface area contributed by atoms with Gasteiger partial charge in [0.25, 0.3) is 0 Å². The maximum absolute atomic E-state index is 11.2. The average Bonchev–Trinajstić information content (AvgIpc) is 2.83. The van der Waals surface area contributed by atoms with E-state index in [1.54, 1.807) is 4.90 Å². The fourth-order valence-corrected chi connectivity index (χ4v) is 2.76. The number of aryl methyl sites for hydroxylation is 2. The number of aliphatic imine (C=N–C) groups is 1. The van der Waals surface area contributed by atoms with Crippen molar-refractivity contribution in [2.24, 2.45) is 10.7 Å². The number of furan rings is 1. The Morgan fingerprint density at radius 1 is 1.43 bits per heavy atom. The van der Waals surface area contributed by atoms with Crippen molar-refractivity contribution in [2.45, 2.75) is 46.2 Å². The maximum atomic E-state index is 11.2. The van der Waals surface area contributed by atoms with E-state index < -0.39 is 0 Å². The van der Waals surface area contributed by atoms with Crippen LogP contribution in [0, 0.1) is 13.8 Å². The molecule has 2 heterocycles. The minimum atomic E-state index is -0.338. The SMILES string of the molecule is CCNC(=NCc1cc(C)oc1C)NC1CCN(C(N)=O)CC1. The molecule has 4 N–H and O–H groups in total. The molecule has 0 saturated carbocycles. The Labute approximate surface area is 137 Å². The second-order valence-corrected chi connectivity index (χ2v) is 5.88. The first kappa shape index (κ1) is 17.2. The van der Waals surface area contributed by atoms with Gasteiger partial charge in [0.15, 0.2) is 5.96 Å². The van der Waals surface area contributed by atoms with Crippen LogP contribution in [0.1, 0.15) is 36.8 Å². The molecule has 1 aromatic rings. The highest BCUT2D eigenvalue weighted by atomic mass is 16.3. The third kappa shape index (κ3) is 4.91. The Hall–Kier alpha value is -2.18. The summed E-state index contributed by atoms with van der Waals surface area (Å²) >= 11 is 0. The zero-order valence-corrected chi connectivity index (χ0v) is 14.2. The second-order valence-electron chi connectivity index (χ2n) is 5.88. The normalized spacial score (nSPS) is 16.5. The Bertz CT molecular complexity index is 559. The number of primary amides is 1. The van der Waals surface area contributed by atoms with Gasteiger partial charge in [0, 0.05) is 31.2 Å². The Morgan fingerprint density at radius 3 is 2.65 bits per heavy atom. The van der Waals surface area contributed by atoms with Crippen molar-refractivity contribution < 1.29 is 9.21 Å². The topological polar surface area (TPSA) is 95.9 Å². The summed E-state index contributed by atoms with van der Waals surface area (Å²) in [6.07, 6.45) is 1.74. The van der Waals surface area contributed by atoms with Gasteiger partial charge in [-0.25, -0.2) is 9.79 Å². The molecule has 128 valence electrons. The van der Waals surface area contributed by atoms with Crippen LogP contribution < -0.4 is 16.4 Å². The van der Waals surface area contributed by atoms with Gasteiger partial charge in [-0.3, -0.25) is 0 Å². The van der Waals surface area contributed by atoms with Crippen molar-refractivity contribution in [1.29, 1.82) is 0 Å². The van der Waals surface area contributed by atoms with Crippen molar-refractivity contribution in [2.75, 3.05) is 19.6 Å². The van der Waals surface area contributed by atoms with E-state index in [-0.39, 0.29) is 6.03 Å². The van der Waals surface area contributed by atoms with Gasteiger partial charge in [0.2, 0.25) is 0 Å². The zero-order valence-electron chi connectivity index (χ0n) is 14.2. The summed E-state index contributed by atoms with van der Waals surface area (Å²) in [7, 11) is 0. The summed E-state index contributed by atoms with van der Waals surface area (Å²) in [6, 6.07) is 1.98. The van der Waals surface area contributed by atoms with E-state index in [2.05, 4.69) is 15.6 Å². The average molecular weight is 321 g/mol. The molecule has 7 nitrogen and oxygen atoms in total. The Kier molecular flexibility index (Phi) is 5.90. The molecule has 0 bridgehead atoms. The second kappa shape index (κ2) is 7.89. The largest absolute Gasteiger partial charge is 0.466 e. The highest BCUT2D eigenvalue weighted by Crippen LogP contribution is 2.14. The zero-order chi connectivity index (χ0) is 16.8. The molecule has 2 amide bonds. The minimum Gasteiger partial charge on any atom is -0.466 e. The number of hydrogen-bond acceptors (Lipinski definition) is 3. The van der Waals surface area contributed by atoms with Gasteiger partial charge in [-0.15, -0.1) is 0 Å². The van der Waals surface area contributed by atoms with Crippen molar-refractivity contribution in [1.82, 2.24) is 15.5 Å². The van der Waals surface area contributed by atoms with Crippen molar-refractivity contribution in [3.8, 4) is 0 Å². The van der Waals surface area contributed by atoms with Crippen LogP contribution in [0.4, 0.5) is 4.79 Å². The van der Waals surface area contributed by atoms with Gasteiger partial charge in [-0.1, -0.05) is 0 Å². The predicted molar refractivity (Wildman–Crippen MR) is 90.3 cm³/mol. The van der Waals surface area contributed by atoms with Crippen LogP contribution in [0.2, 0.25) is 0 Å². The fraction of sp³-hybridized carbons (Fsp3) is 0.625. The maximum Gasteiger partial charge on any atom is 0.314 e. The number of guanidine groups is 1. The van der Waals surface area contributed by atoms with Crippen molar-refractivity contribution >= 4 is 12.0 Å². The molecule has 0 spiro atoms. The molecule has 7 heteroatoms. The predicted octanol–water partition coefficient (Wildman–Crippen LogP) is 1.49. The lowest BCUT2D eigenvalue weighted by molar-refractivity contribution is 0.188. The lowest BCUT2D eigenvalue weighted by Crippen LogP contribution is -2.50. The van der Waals surface area contributed by atoms with Crippen molar-refractivity contribution in [3.05, 3.63) is 23.2 Å². The molecular formula is C16H27N5O2. The summed E-state index contributed by atoms with van der Waals surface area (Å²) in [5, 5.41) is 6.71. The number of hydrogen-bond donors (Lipinski definition) is 3. The molecule has 2 rings (SSSR count). The number of piperidine rings is 1. The van der Waals surface area contributed by atoms with Gasteiger partial charge < -0.3 is 25.7 Å². The lowest BCUT2D eigenvalue weighted by Gasteiger charge is -2.32. The number of nitrogens with zero attached hydrogens (tertiary/aromatic N) is 2. The van der Waals surface area contributed by atoms with Gasteiger partial charge in [-0.05, 0) is 39.7 Å². The molecule has 0 aliphatic carbocycles. The van der Waals surface area contributed by atoms with E-state index in [9.17, 15) is 4.79 Å². The number of carbonyl (C=O) groups is 1. The lowest BCUT2D eigenvalue weighted by atomic mass is 10.1. The Balaban J connectivity index is 1.92. The van der Waals surface area contributed by atoms with Crippen LogP contribution >= 0.6 is 0 Å². The number of amides is 2. The highest BCUT2D eigenvalue weighted by Gasteiger charge is 2.21. The molecule has 0 radical (unpaired) electrons. The van der Waals surface area contributed by atoms with E-state index in [1.807, 2.05) is 26.8 Å². The first-order valence-corrected chi connectivity index (χ1v) is 8.14. The highest BCUT2D eigenvalue weighted by molar-refractivity contribution is 5.80. The van der Waals surface area contributed by atoms with E-state index in [0.717, 1.165) is 42.4 Å². The summed E-state index contributed by atoms with van der Waals surface area (Å²) in [4.78, 5) is 17.5. The first-order chi connectivity index (χ1) is 11.0. The van der Waals surface area contributed by atoms with Gasteiger partial charge in [-0.2, -0.15) is 0 Å². The van der Waals surface area contributed by atoms with E-state index in [4.69, 9.17) is 10.2 Å². The molecule has 0 atom stereocenters. The van der Waals surface area contributed by atoms with Crippen LogP contribution in [0.15, 0.2) is 15.5 Å². The molecule has 1 saturated heterocycles. The third-order valence-corrected chi connectivity index (χ3v) is 4.04. The quantitative estimate of drug-likeness (QED) is 0.578. The van der Waals surface area contributed by atoms with Crippen LogP contribution in [0.3, 0.4) is 0 Å². The molecule has 0 unspecified atom stereocenters. The molecule has 1 aliphatic rings. The molecule has 0 aromatic carbocycles. The minimum absolute atomic E-state index is 0.301. The number of carbonyl (C=O) groups excluding carboxylic acids is 1. The fourth-order valence-electron chi connectivity index (χ4n) is 2.76. The van der Waals surface area contributed by atoms with Gasteiger partial charge in [0.05, 0.1) is 6.54 Å². The molecule has 1 aromatic heterocycles.